The van der Waals surface area contributed by atoms with E-state index in [4.69, 9.17) is 9.84 Å². The molecule has 9 heteroatoms. The normalized spacial score (nSPS) is 12.4. The van der Waals surface area contributed by atoms with Crippen LogP contribution in [0, 0.1) is 0 Å². The van der Waals surface area contributed by atoms with E-state index in [1.807, 2.05) is 4.57 Å². The van der Waals surface area contributed by atoms with Crippen molar-refractivity contribution in [3.8, 4) is 0 Å². The monoisotopic (exact) mass is 381 g/mol. The van der Waals surface area contributed by atoms with Gasteiger partial charge in [0.05, 0.1) is 12.4 Å². The average molecular weight is 382 g/mol. The summed E-state index contributed by atoms with van der Waals surface area (Å²) in [5.41, 5.74) is 1.57. The molecule has 26 heavy (non-hydrogen) atoms. The van der Waals surface area contributed by atoms with Gasteiger partial charge in [0.1, 0.15) is 11.8 Å². The van der Waals surface area contributed by atoms with Crippen molar-refractivity contribution in [1.82, 2.24) is 19.5 Å². The van der Waals surface area contributed by atoms with E-state index in [1.54, 1.807) is 31.5 Å². The molecule has 8 nitrogen and oxygen atoms in total. The minimum Gasteiger partial charge on any atom is -0.481 e. The number of unbranched alkanes of at least 4 members (excludes halogenated alkanes) is 2. The van der Waals surface area contributed by atoms with Crippen LogP contribution in [0.1, 0.15) is 32.1 Å². The van der Waals surface area contributed by atoms with E-state index >= 15 is 0 Å². The van der Waals surface area contributed by atoms with Crippen molar-refractivity contribution in [3.05, 3.63) is 12.7 Å². The number of hydrogen-bond acceptors (Lipinski definition) is 7. The number of ether oxygens (including phenoxy) is 1. The maximum Gasteiger partial charge on any atom is 0.303 e. The molecular weight excluding hydrogens is 354 g/mol. The van der Waals surface area contributed by atoms with Crippen LogP contribution in [0.3, 0.4) is 0 Å². The predicted molar refractivity (Wildman–Crippen MR) is 104 cm³/mol. The Morgan fingerprint density at radius 3 is 2.92 bits per heavy atom. The summed E-state index contributed by atoms with van der Waals surface area (Å²) in [6.07, 6.45) is 9.21. The van der Waals surface area contributed by atoms with Crippen molar-refractivity contribution in [3.63, 3.8) is 0 Å². The largest absolute Gasteiger partial charge is 0.481 e. The van der Waals surface area contributed by atoms with E-state index in [0.29, 0.717) is 6.42 Å². The Kier molecular flexibility index (Phi) is 8.63. The van der Waals surface area contributed by atoms with Gasteiger partial charge in [-0.25, -0.2) is 15.0 Å². The summed E-state index contributed by atoms with van der Waals surface area (Å²) in [5, 5.41) is 11.9. The zero-order valence-corrected chi connectivity index (χ0v) is 16.2. The van der Waals surface area contributed by atoms with Gasteiger partial charge in [-0.15, -0.1) is 0 Å². The molecule has 0 bridgehead atoms. The maximum absolute atomic E-state index is 10.5. The second-order valence-electron chi connectivity index (χ2n) is 6.07. The van der Waals surface area contributed by atoms with Crippen LogP contribution in [-0.4, -0.2) is 62.4 Å². The lowest BCUT2D eigenvalue weighted by Gasteiger charge is -2.14. The van der Waals surface area contributed by atoms with Crippen molar-refractivity contribution < 1.29 is 14.6 Å². The number of fused-ring (bicyclic) bond motifs is 1. The van der Waals surface area contributed by atoms with Gasteiger partial charge in [-0.3, -0.25) is 4.79 Å². The number of carboxylic acids is 1. The molecule has 144 valence electrons. The number of aromatic nitrogens is 4. The van der Waals surface area contributed by atoms with Gasteiger partial charge in [0.25, 0.3) is 0 Å². The second kappa shape index (κ2) is 11.0. The molecule has 0 aliphatic carbocycles. The van der Waals surface area contributed by atoms with Crippen LogP contribution < -0.4 is 5.32 Å². The van der Waals surface area contributed by atoms with Gasteiger partial charge in [0.2, 0.25) is 0 Å². The quantitative estimate of drug-likeness (QED) is 0.511. The van der Waals surface area contributed by atoms with Gasteiger partial charge in [-0.05, 0) is 25.5 Å². The number of nitrogens with one attached hydrogen (secondary N) is 1. The van der Waals surface area contributed by atoms with Gasteiger partial charge in [-0.1, -0.05) is 6.42 Å². The van der Waals surface area contributed by atoms with Crippen LogP contribution in [0.15, 0.2) is 12.7 Å². The van der Waals surface area contributed by atoms with Crippen molar-refractivity contribution in [2.45, 2.75) is 44.8 Å². The first kappa shape index (κ1) is 20.4. The van der Waals surface area contributed by atoms with Gasteiger partial charge in [0, 0.05) is 32.4 Å². The Morgan fingerprint density at radius 1 is 1.35 bits per heavy atom. The molecule has 0 aromatic carbocycles. The first-order valence-corrected chi connectivity index (χ1v) is 10.2. The highest BCUT2D eigenvalue weighted by molar-refractivity contribution is 7.98. The van der Waals surface area contributed by atoms with Crippen molar-refractivity contribution in [2.75, 3.05) is 31.0 Å². The fraction of sp³-hybridized carbons (Fsp3) is 0.647. The molecule has 0 saturated heterocycles. The average Bonchev–Trinajstić information content (AvgIpc) is 3.05. The summed E-state index contributed by atoms with van der Waals surface area (Å²) < 4.78 is 7.52. The number of hydrogen-bond donors (Lipinski definition) is 2. The molecule has 0 radical (unpaired) electrons. The van der Waals surface area contributed by atoms with Gasteiger partial charge < -0.3 is 19.7 Å². The highest BCUT2D eigenvalue weighted by atomic mass is 32.2. The molecule has 2 aromatic rings. The lowest BCUT2D eigenvalue weighted by Crippen LogP contribution is -2.16. The SMILES string of the molecule is CO[C@@H](CCn1cnc2c(NCCCCCC(=O)O)ncnc21)CSC. The highest BCUT2D eigenvalue weighted by Gasteiger charge is 2.12. The number of methoxy groups -OCH3 is 1. The fourth-order valence-corrected chi connectivity index (χ4v) is 3.37. The maximum atomic E-state index is 10.5. The smallest absolute Gasteiger partial charge is 0.303 e. The Bertz CT molecular complexity index is 694. The van der Waals surface area contributed by atoms with Crippen LogP contribution >= 0.6 is 11.8 Å². The summed E-state index contributed by atoms with van der Waals surface area (Å²) >= 11 is 1.78. The van der Waals surface area contributed by atoms with Crippen LogP contribution in [-0.2, 0) is 16.1 Å². The number of carbonyl (C=O) groups is 1. The van der Waals surface area contributed by atoms with Crippen LogP contribution in [0.5, 0.6) is 0 Å². The highest BCUT2D eigenvalue weighted by Crippen LogP contribution is 2.18. The van der Waals surface area contributed by atoms with Gasteiger partial charge in [0.15, 0.2) is 11.5 Å². The number of aliphatic carboxylic acids is 1. The minimum absolute atomic E-state index is 0.215. The lowest BCUT2D eigenvalue weighted by molar-refractivity contribution is -0.137. The molecule has 0 spiro atoms. The molecule has 0 saturated carbocycles. The molecule has 1 atom stereocenters. The summed E-state index contributed by atoms with van der Waals surface area (Å²) in [6.45, 7) is 1.53. The third kappa shape index (κ3) is 6.14. The van der Waals surface area contributed by atoms with E-state index in [2.05, 4.69) is 26.5 Å². The van der Waals surface area contributed by atoms with E-state index in [-0.39, 0.29) is 12.5 Å². The fourth-order valence-electron chi connectivity index (χ4n) is 2.70. The molecule has 0 fully saturated rings. The van der Waals surface area contributed by atoms with E-state index in [1.165, 1.54) is 0 Å². The zero-order valence-electron chi connectivity index (χ0n) is 15.3. The van der Waals surface area contributed by atoms with Crippen LogP contribution in [0.25, 0.3) is 11.2 Å². The number of carboxylic acid groups (broad SMARTS) is 1. The number of anilines is 1. The molecule has 0 aliphatic heterocycles. The van der Waals surface area contributed by atoms with Crippen molar-refractivity contribution >= 4 is 34.7 Å². The Balaban J connectivity index is 1.89. The third-order valence-electron chi connectivity index (χ3n) is 4.14. The standard InChI is InChI=1S/C17H27N5O3S/c1-25-13(10-26-2)7-9-22-12-21-15-16(19-11-20-17(15)22)18-8-5-3-4-6-14(23)24/h11-13H,3-10H2,1-2H3,(H,23,24)(H,18,19,20)/t13-/m0/s1. The zero-order chi connectivity index (χ0) is 18.8. The topological polar surface area (TPSA) is 102 Å². The predicted octanol–water partition coefficient (Wildman–Crippen LogP) is 2.65. The number of thioether (sulfide) groups is 1. The molecular formula is C17H27N5O3S. The molecule has 2 aromatic heterocycles. The van der Waals surface area contributed by atoms with E-state index in [0.717, 1.165) is 55.1 Å². The summed E-state index contributed by atoms with van der Waals surface area (Å²) in [6, 6.07) is 0. The summed E-state index contributed by atoms with van der Waals surface area (Å²) in [5.74, 6) is 0.945. The van der Waals surface area contributed by atoms with Crippen LogP contribution in [0.4, 0.5) is 5.82 Å². The second-order valence-corrected chi connectivity index (χ2v) is 6.98. The first-order valence-electron chi connectivity index (χ1n) is 8.79. The molecule has 2 N–H and O–H groups in total. The Labute approximate surface area is 157 Å². The molecule has 0 amide bonds. The number of aryl methyl sites for hydroxylation is 1. The third-order valence-corrected chi connectivity index (χ3v) is 4.84. The van der Waals surface area contributed by atoms with E-state index < -0.39 is 5.97 Å². The number of nitrogens with zero attached hydrogens (tertiary/aromatic N) is 4. The lowest BCUT2D eigenvalue weighted by atomic mass is 10.2. The molecule has 0 aliphatic rings. The Hall–Kier alpha value is -1.87. The molecule has 0 unspecified atom stereocenters. The Morgan fingerprint density at radius 2 is 2.19 bits per heavy atom. The van der Waals surface area contributed by atoms with Gasteiger partial charge >= 0.3 is 5.97 Å². The van der Waals surface area contributed by atoms with Gasteiger partial charge in [-0.2, -0.15) is 11.8 Å². The van der Waals surface area contributed by atoms with Crippen LogP contribution in [0.2, 0.25) is 0 Å². The van der Waals surface area contributed by atoms with Crippen molar-refractivity contribution in [1.29, 1.82) is 0 Å². The molecule has 2 heterocycles. The van der Waals surface area contributed by atoms with E-state index in [9.17, 15) is 4.79 Å². The summed E-state index contributed by atoms with van der Waals surface area (Å²) in [7, 11) is 1.74. The molecule has 2 rings (SSSR count). The van der Waals surface area contributed by atoms with Crippen molar-refractivity contribution in [2.24, 2.45) is 0 Å². The number of imidazole rings is 1. The minimum atomic E-state index is -0.741. The first-order chi connectivity index (χ1) is 12.7. The summed E-state index contributed by atoms with van der Waals surface area (Å²) in [4.78, 5) is 23.6. The number of rotatable bonds is 13.